The van der Waals surface area contributed by atoms with Crippen LogP contribution >= 0.6 is 22.6 Å². The minimum absolute atomic E-state index is 0.0226. The maximum atomic E-state index is 13.5. The van der Waals surface area contributed by atoms with Gasteiger partial charge in [-0.25, -0.2) is 13.2 Å². The van der Waals surface area contributed by atoms with Gasteiger partial charge in [-0.05, 0) is 67.6 Å². The van der Waals surface area contributed by atoms with Crippen LogP contribution in [0.1, 0.15) is 20.8 Å². The van der Waals surface area contributed by atoms with E-state index in [-0.39, 0.29) is 10.6 Å². The zero-order valence-corrected chi connectivity index (χ0v) is 18.6. The van der Waals surface area contributed by atoms with E-state index in [2.05, 4.69) is 4.98 Å². The van der Waals surface area contributed by atoms with Crippen molar-refractivity contribution in [3.8, 4) is 0 Å². The topological polar surface area (TPSA) is 76.6 Å². The maximum Gasteiger partial charge on any atom is 0.429 e. The molecule has 0 saturated heterocycles. The van der Waals surface area contributed by atoms with Crippen LogP contribution in [-0.4, -0.2) is 25.1 Å². The van der Waals surface area contributed by atoms with Gasteiger partial charge in [0, 0.05) is 15.2 Å². The van der Waals surface area contributed by atoms with Gasteiger partial charge in [0.2, 0.25) is 0 Å². The van der Waals surface area contributed by atoms with Gasteiger partial charge >= 0.3 is 6.09 Å². The van der Waals surface area contributed by atoms with Gasteiger partial charge in [0.05, 0.1) is 11.2 Å². The van der Waals surface area contributed by atoms with Crippen molar-refractivity contribution >= 4 is 55.3 Å². The van der Waals surface area contributed by atoms with Crippen LogP contribution in [0.2, 0.25) is 0 Å². The first-order valence-electron chi connectivity index (χ1n) is 8.48. The monoisotopic (exact) mass is 510 g/mol. The van der Waals surface area contributed by atoms with Crippen molar-refractivity contribution in [2.75, 3.05) is 4.31 Å². The molecule has 0 saturated carbocycles. The number of anilines is 1. The number of ether oxygens (including phenoxy) is 1. The predicted octanol–water partition coefficient (Wildman–Crippen LogP) is 4.97. The van der Waals surface area contributed by atoms with Crippen LogP contribution < -0.4 is 4.31 Å². The number of hydrogen-bond donors (Lipinski definition) is 0. The maximum absolute atomic E-state index is 13.5. The summed E-state index contributed by atoms with van der Waals surface area (Å²) < 4.78 is 33.7. The first-order valence-corrected chi connectivity index (χ1v) is 11.0. The summed E-state index contributed by atoms with van der Waals surface area (Å²) >= 11 is 1.93. The number of hydrogen-bond acceptors (Lipinski definition) is 5. The summed E-state index contributed by atoms with van der Waals surface area (Å²) in [5.74, 6) is 0. The van der Waals surface area contributed by atoms with Gasteiger partial charge in [0.1, 0.15) is 10.5 Å². The molecule has 1 aromatic heterocycles. The van der Waals surface area contributed by atoms with Gasteiger partial charge < -0.3 is 4.74 Å². The van der Waals surface area contributed by atoms with Crippen LogP contribution in [0.3, 0.4) is 0 Å². The van der Waals surface area contributed by atoms with E-state index in [0.717, 1.165) is 0 Å². The molecule has 0 aliphatic carbocycles. The number of rotatable bonds is 3. The predicted molar refractivity (Wildman–Crippen MR) is 117 cm³/mol. The number of amides is 1. The van der Waals surface area contributed by atoms with Crippen LogP contribution in [0.5, 0.6) is 0 Å². The number of carbonyl (C=O) groups excluding carboxylic acids is 1. The second-order valence-corrected chi connectivity index (χ2v) is 9.95. The van der Waals surface area contributed by atoms with Gasteiger partial charge in [-0.2, -0.15) is 4.31 Å². The van der Waals surface area contributed by atoms with Crippen LogP contribution in [0.25, 0.3) is 10.9 Å². The molecular weight excluding hydrogens is 491 g/mol. The van der Waals surface area contributed by atoms with Crippen LogP contribution in [0.4, 0.5) is 10.5 Å². The van der Waals surface area contributed by atoms with Crippen molar-refractivity contribution in [1.29, 1.82) is 0 Å². The quantitative estimate of drug-likeness (QED) is 0.466. The normalized spacial score (nSPS) is 12.0. The number of pyridine rings is 1. The van der Waals surface area contributed by atoms with E-state index in [9.17, 15) is 13.2 Å². The molecule has 0 atom stereocenters. The first kappa shape index (κ1) is 20.5. The second-order valence-electron chi connectivity index (χ2n) is 7.03. The molecule has 2 aromatic carbocycles. The fraction of sp³-hybridized carbons (Fsp3) is 0.200. The fourth-order valence-corrected chi connectivity index (χ4v) is 5.26. The molecule has 6 nitrogen and oxygen atoms in total. The number of para-hydroxylation sites is 1. The number of aromatic nitrogens is 1. The van der Waals surface area contributed by atoms with Gasteiger partial charge in [-0.3, -0.25) is 4.98 Å². The molecule has 0 spiro atoms. The van der Waals surface area contributed by atoms with E-state index in [1.165, 1.54) is 6.07 Å². The largest absolute Gasteiger partial charge is 0.443 e. The van der Waals surface area contributed by atoms with Crippen LogP contribution in [-0.2, 0) is 14.8 Å². The third-order valence-corrected chi connectivity index (χ3v) is 6.79. The molecule has 0 bridgehead atoms. The highest BCUT2D eigenvalue weighted by Gasteiger charge is 2.36. The lowest BCUT2D eigenvalue weighted by atomic mass is 10.2. The van der Waals surface area contributed by atoms with Crippen LogP contribution in [0, 0.1) is 3.57 Å². The Morgan fingerprint density at radius 2 is 1.71 bits per heavy atom. The zero-order chi connectivity index (χ0) is 20.5. The van der Waals surface area contributed by atoms with E-state index in [4.69, 9.17) is 4.74 Å². The number of nitrogens with zero attached hydrogens (tertiary/aromatic N) is 2. The molecule has 0 aliphatic heterocycles. The molecule has 1 amide bonds. The number of halogens is 1. The molecule has 1 heterocycles. The average Bonchev–Trinajstić information content (AvgIpc) is 2.60. The standard InChI is InChI=1S/C20H19IN2O4S/c1-20(2,3)27-19(24)23(28(25,26)17-12-5-4-10-15(17)21)16-11-6-8-14-9-7-13-22-18(14)16/h4-13H,1-3H3. The van der Waals surface area contributed by atoms with E-state index in [1.54, 1.807) is 75.5 Å². The van der Waals surface area contributed by atoms with Crippen molar-refractivity contribution in [1.82, 2.24) is 4.98 Å². The lowest BCUT2D eigenvalue weighted by molar-refractivity contribution is 0.0609. The summed E-state index contributed by atoms with van der Waals surface area (Å²) in [6, 6.07) is 15.1. The molecule has 28 heavy (non-hydrogen) atoms. The van der Waals surface area contributed by atoms with Crippen molar-refractivity contribution in [3.05, 3.63) is 64.4 Å². The van der Waals surface area contributed by atoms with Gasteiger partial charge in [0.25, 0.3) is 10.0 Å². The Bertz CT molecular complexity index is 1130. The average molecular weight is 510 g/mol. The SMILES string of the molecule is CC(C)(C)OC(=O)N(c1cccc2cccnc12)S(=O)(=O)c1ccccc1I. The molecule has 3 aromatic rings. The smallest absolute Gasteiger partial charge is 0.429 e. The highest BCUT2D eigenvalue weighted by molar-refractivity contribution is 14.1. The highest BCUT2D eigenvalue weighted by Crippen LogP contribution is 2.32. The van der Waals surface area contributed by atoms with Crippen LogP contribution in [0.15, 0.2) is 65.7 Å². The van der Waals surface area contributed by atoms with Gasteiger partial charge in [0.15, 0.2) is 0 Å². The van der Waals surface area contributed by atoms with Crippen molar-refractivity contribution in [3.63, 3.8) is 0 Å². The molecular formula is C20H19IN2O4S. The molecule has 3 rings (SSSR count). The third kappa shape index (κ3) is 4.12. The Labute approximate surface area is 177 Å². The lowest BCUT2D eigenvalue weighted by Gasteiger charge is -2.27. The Hall–Kier alpha value is -2.20. The second kappa shape index (κ2) is 7.67. The fourth-order valence-electron chi connectivity index (χ4n) is 2.63. The number of fused-ring (bicyclic) bond motifs is 1. The Morgan fingerprint density at radius 3 is 2.39 bits per heavy atom. The van der Waals surface area contributed by atoms with Gasteiger partial charge in [-0.1, -0.05) is 30.3 Å². The molecule has 0 aliphatic rings. The number of carbonyl (C=O) groups is 1. The third-order valence-electron chi connectivity index (χ3n) is 3.74. The lowest BCUT2D eigenvalue weighted by Crippen LogP contribution is -2.41. The summed E-state index contributed by atoms with van der Waals surface area (Å²) in [4.78, 5) is 17.3. The highest BCUT2D eigenvalue weighted by atomic mass is 127. The molecule has 146 valence electrons. The zero-order valence-electron chi connectivity index (χ0n) is 15.6. The Balaban J connectivity index is 2.27. The summed E-state index contributed by atoms with van der Waals surface area (Å²) in [6.45, 7) is 5.05. The molecule has 0 N–H and O–H groups in total. The Kier molecular flexibility index (Phi) is 5.62. The van der Waals surface area contributed by atoms with Crippen molar-refractivity contribution in [2.24, 2.45) is 0 Å². The number of benzene rings is 2. The summed E-state index contributed by atoms with van der Waals surface area (Å²) in [6.07, 6.45) is 0.572. The molecule has 0 radical (unpaired) electrons. The summed E-state index contributed by atoms with van der Waals surface area (Å²) in [5, 5.41) is 0.714. The molecule has 8 heteroatoms. The van der Waals surface area contributed by atoms with E-state index >= 15 is 0 Å². The molecule has 0 fully saturated rings. The summed E-state index contributed by atoms with van der Waals surface area (Å²) in [5.41, 5.74) is -0.329. The van der Waals surface area contributed by atoms with Crippen molar-refractivity contribution in [2.45, 2.75) is 31.3 Å². The Morgan fingerprint density at radius 1 is 1.04 bits per heavy atom. The minimum atomic E-state index is -4.24. The van der Waals surface area contributed by atoms with E-state index < -0.39 is 21.7 Å². The van der Waals surface area contributed by atoms with E-state index in [1.807, 2.05) is 22.6 Å². The van der Waals surface area contributed by atoms with Crippen molar-refractivity contribution < 1.29 is 17.9 Å². The summed E-state index contributed by atoms with van der Waals surface area (Å²) in [7, 11) is -4.24. The van der Waals surface area contributed by atoms with Gasteiger partial charge in [-0.15, -0.1) is 0 Å². The first-order chi connectivity index (χ1) is 13.1. The molecule has 0 unspecified atom stereocenters. The number of sulfonamides is 1. The minimum Gasteiger partial charge on any atom is -0.443 e. The van der Waals surface area contributed by atoms with E-state index in [0.29, 0.717) is 18.8 Å².